The Morgan fingerprint density at radius 3 is 2.50 bits per heavy atom. The molecule has 1 aliphatic heterocycles. The van der Waals surface area contributed by atoms with Crippen LogP contribution in [0.15, 0.2) is 36.4 Å². The molecular formula is C19H19N3O3S. The Kier molecular flexibility index (Phi) is 4.32. The van der Waals surface area contributed by atoms with Crippen LogP contribution in [-0.4, -0.2) is 46.1 Å². The summed E-state index contributed by atoms with van der Waals surface area (Å²) in [6.07, 6.45) is 5.05. The number of rotatable bonds is 4. The Bertz CT molecular complexity index is 861. The standard InChI is InChI=1S/C19H19N3O3S/c1-21(10-16-20-14-8-4-5-9-15(14)26-16)17(23)11-22-18(24)12-6-2-3-7-13(12)19(22)25/h2-5,8-9,12-13H,6-7,10-11H2,1H3. The fourth-order valence-corrected chi connectivity index (χ4v) is 4.58. The van der Waals surface area contributed by atoms with Crippen molar-refractivity contribution in [1.82, 2.24) is 14.8 Å². The summed E-state index contributed by atoms with van der Waals surface area (Å²) in [6.45, 7) is 0.175. The Morgan fingerprint density at radius 1 is 1.19 bits per heavy atom. The highest BCUT2D eigenvalue weighted by atomic mass is 32.1. The summed E-state index contributed by atoms with van der Waals surface area (Å²) in [5.41, 5.74) is 0.912. The molecule has 7 heteroatoms. The normalized spacial score (nSPS) is 22.1. The molecule has 1 aliphatic carbocycles. The molecule has 0 N–H and O–H groups in total. The number of likely N-dealkylation sites (tertiary alicyclic amines) is 1. The molecule has 1 aromatic carbocycles. The van der Waals surface area contributed by atoms with Gasteiger partial charge in [-0.25, -0.2) is 4.98 Å². The van der Waals surface area contributed by atoms with Gasteiger partial charge in [0.1, 0.15) is 11.6 Å². The third kappa shape index (κ3) is 2.92. The number of carbonyl (C=O) groups is 3. The Labute approximate surface area is 155 Å². The van der Waals surface area contributed by atoms with Crippen LogP contribution in [0.4, 0.5) is 0 Å². The summed E-state index contributed by atoms with van der Waals surface area (Å²) in [4.78, 5) is 44.7. The smallest absolute Gasteiger partial charge is 0.242 e. The van der Waals surface area contributed by atoms with Crippen LogP contribution in [0.3, 0.4) is 0 Å². The van der Waals surface area contributed by atoms with Crippen LogP contribution < -0.4 is 0 Å². The monoisotopic (exact) mass is 369 g/mol. The molecule has 134 valence electrons. The number of thiazole rings is 1. The summed E-state index contributed by atoms with van der Waals surface area (Å²) < 4.78 is 1.07. The Morgan fingerprint density at radius 2 is 1.85 bits per heavy atom. The first-order chi connectivity index (χ1) is 12.5. The highest BCUT2D eigenvalue weighted by Gasteiger charge is 2.47. The maximum absolute atomic E-state index is 12.6. The average Bonchev–Trinajstić information content (AvgIpc) is 3.16. The second-order valence-electron chi connectivity index (χ2n) is 6.74. The lowest BCUT2D eigenvalue weighted by Crippen LogP contribution is -2.41. The van der Waals surface area contributed by atoms with Crippen molar-refractivity contribution in [2.24, 2.45) is 11.8 Å². The van der Waals surface area contributed by atoms with Crippen molar-refractivity contribution >= 4 is 39.3 Å². The largest absolute Gasteiger partial charge is 0.337 e. The van der Waals surface area contributed by atoms with Crippen molar-refractivity contribution in [2.75, 3.05) is 13.6 Å². The SMILES string of the molecule is CN(Cc1nc2ccccc2s1)C(=O)CN1C(=O)C2CC=CCC2C1=O. The number of para-hydroxylation sites is 1. The molecule has 6 nitrogen and oxygen atoms in total. The Hall–Kier alpha value is -2.54. The van der Waals surface area contributed by atoms with E-state index < -0.39 is 0 Å². The van der Waals surface area contributed by atoms with Crippen molar-refractivity contribution in [3.63, 3.8) is 0 Å². The van der Waals surface area contributed by atoms with E-state index in [4.69, 9.17) is 0 Å². The lowest BCUT2D eigenvalue weighted by Gasteiger charge is -2.20. The van der Waals surface area contributed by atoms with Gasteiger partial charge in [0.05, 0.1) is 28.6 Å². The molecule has 1 fully saturated rings. The number of amides is 3. The van der Waals surface area contributed by atoms with Crippen LogP contribution in [-0.2, 0) is 20.9 Å². The van der Waals surface area contributed by atoms with Gasteiger partial charge < -0.3 is 4.90 Å². The van der Waals surface area contributed by atoms with Crippen LogP contribution in [0.2, 0.25) is 0 Å². The maximum Gasteiger partial charge on any atom is 0.242 e. The van der Waals surface area contributed by atoms with E-state index in [1.54, 1.807) is 18.4 Å². The quantitative estimate of drug-likeness (QED) is 0.612. The van der Waals surface area contributed by atoms with Crippen LogP contribution in [0.1, 0.15) is 17.8 Å². The van der Waals surface area contributed by atoms with Gasteiger partial charge in [-0.3, -0.25) is 19.3 Å². The van der Waals surface area contributed by atoms with Crippen LogP contribution in [0.5, 0.6) is 0 Å². The number of hydrogen-bond acceptors (Lipinski definition) is 5. The lowest BCUT2D eigenvalue weighted by molar-refractivity contribution is -0.146. The molecule has 1 aromatic heterocycles. The maximum atomic E-state index is 12.6. The lowest BCUT2D eigenvalue weighted by atomic mass is 9.85. The van der Waals surface area contributed by atoms with Gasteiger partial charge in [-0.15, -0.1) is 11.3 Å². The molecule has 2 aromatic rings. The third-order valence-corrected chi connectivity index (χ3v) is 6.05. The predicted molar refractivity (Wildman–Crippen MR) is 98.2 cm³/mol. The fraction of sp³-hybridized carbons (Fsp3) is 0.368. The molecule has 3 amide bonds. The second kappa shape index (κ2) is 6.64. The number of nitrogens with zero attached hydrogens (tertiary/aromatic N) is 3. The first-order valence-corrected chi connectivity index (χ1v) is 9.45. The number of carbonyl (C=O) groups excluding carboxylic acids is 3. The van der Waals surface area contributed by atoms with Gasteiger partial charge in [-0.05, 0) is 25.0 Å². The minimum Gasteiger partial charge on any atom is -0.337 e. The van der Waals surface area contributed by atoms with Gasteiger partial charge >= 0.3 is 0 Å². The predicted octanol–water partition coefficient (Wildman–Crippen LogP) is 2.21. The number of allylic oxidation sites excluding steroid dienone is 2. The van der Waals surface area contributed by atoms with E-state index in [2.05, 4.69) is 4.98 Å². The molecular weight excluding hydrogens is 350 g/mol. The molecule has 2 unspecified atom stereocenters. The van der Waals surface area contributed by atoms with Crippen LogP contribution in [0.25, 0.3) is 10.2 Å². The number of likely N-dealkylation sites (N-methyl/N-ethyl adjacent to an activating group) is 1. The summed E-state index contributed by atoms with van der Waals surface area (Å²) in [5, 5.41) is 0.832. The summed E-state index contributed by atoms with van der Waals surface area (Å²) in [7, 11) is 1.67. The zero-order chi connectivity index (χ0) is 18.3. The Balaban J connectivity index is 1.42. The van der Waals surface area contributed by atoms with Crippen molar-refractivity contribution in [1.29, 1.82) is 0 Å². The molecule has 26 heavy (non-hydrogen) atoms. The van der Waals surface area contributed by atoms with E-state index in [0.717, 1.165) is 20.1 Å². The molecule has 0 spiro atoms. The zero-order valence-corrected chi connectivity index (χ0v) is 15.2. The van der Waals surface area contributed by atoms with Crippen LogP contribution >= 0.6 is 11.3 Å². The molecule has 2 heterocycles. The van der Waals surface area contributed by atoms with Gasteiger partial charge in [-0.2, -0.15) is 0 Å². The van der Waals surface area contributed by atoms with Crippen molar-refractivity contribution in [2.45, 2.75) is 19.4 Å². The van der Waals surface area contributed by atoms with Crippen LogP contribution in [0, 0.1) is 11.8 Å². The van der Waals surface area contributed by atoms with Crippen molar-refractivity contribution < 1.29 is 14.4 Å². The van der Waals surface area contributed by atoms with E-state index >= 15 is 0 Å². The highest BCUT2D eigenvalue weighted by Crippen LogP contribution is 2.35. The van der Waals surface area contributed by atoms with Crippen molar-refractivity contribution in [3.8, 4) is 0 Å². The topological polar surface area (TPSA) is 70.6 Å². The highest BCUT2D eigenvalue weighted by molar-refractivity contribution is 7.18. The molecule has 0 bridgehead atoms. The number of imide groups is 1. The van der Waals surface area contributed by atoms with Gasteiger partial charge in [0.15, 0.2) is 0 Å². The molecule has 1 saturated heterocycles. The number of benzene rings is 1. The molecule has 2 atom stereocenters. The van der Waals surface area contributed by atoms with E-state index in [1.165, 1.54) is 4.90 Å². The molecule has 2 aliphatic rings. The molecule has 0 radical (unpaired) electrons. The summed E-state index contributed by atoms with van der Waals surface area (Å²) in [5.74, 6) is -1.28. The number of hydrogen-bond donors (Lipinski definition) is 0. The van der Waals surface area contributed by atoms with E-state index in [0.29, 0.717) is 19.4 Å². The van der Waals surface area contributed by atoms with E-state index in [-0.39, 0.29) is 36.1 Å². The average molecular weight is 369 g/mol. The second-order valence-corrected chi connectivity index (χ2v) is 7.86. The first-order valence-electron chi connectivity index (χ1n) is 8.63. The van der Waals surface area contributed by atoms with Crippen molar-refractivity contribution in [3.05, 3.63) is 41.4 Å². The van der Waals surface area contributed by atoms with Gasteiger partial charge in [-0.1, -0.05) is 24.3 Å². The summed E-state index contributed by atoms with van der Waals surface area (Å²) >= 11 is 1.54. The minimum atomic E-state index is -0.296. The molecule has 4 rings (SSSR count). The van der Waals surface area contributed by atoms with E-state index in [9.17, 15) is 14.4 Å². The molecule has 0 saturated carbocycles. The minimum absolute atomic E-state index is 0.188. The third-order valence-electron chi connectivity index (χ3n) is 5.03. The number of aromatic nitrogens is 1. The van der Waals surface area contributed by atoms with E-state index in [1.807, 2.05) is 36.4 Å². The van der Waals surface area contributed by atoms with Gasteiger partial charge in [0.25, 0.3) is 0 Å². The van der Waals surface area contributed by atoms with Gasteiger partial charge in [0.2, 0.25) is 17.7 Å². The van der Waals surface area contributed by atoms with Gasteiger partial charge in [0, 0.05) is 7.05 Å². The zero-order valence-electron chi connectivity index (χ0n) is 14.4. The summed E-state index contributed by atoms with van der Waals surface area (Å²) in [6, 6.07) is 7.82. The first kappa shape index (κ1) is 16.9. The number of fused-ring (bicyclic) bond motifs is 2. The fourth-order valence-electron chi connectivity index (χ4n) is 3.56.